The third-order valence-electron chi connectivity index (χ3n) is 3.47. The van der Waals surface area contributed by atoms with Crippen LogP contribution in [-0.2, 0) is 19.9 Å². The van der Waals surface area contributed by atoms with E-state index in [1.165, 1.54) is 19.9 Å². The molecule has 2 aromatic heterocycles. The Morgan fingerprint density at radius 2 is 2.15 bits per heavy atom. The van der Waals surface area contributed by atoms with E-state index in [9.17, 15) is 0 Å². The number of aryl methyl sites for hydroxylation is 3. The molecule has 1 unspecified atom stereocenters. The fourth-order valence-corrected chi connectivity index (χ4v) is 4.69. The first-order chi connectivity index (χ1) is 9.47. The lowest BCUT2D eigenvalue weighted by atomic mass is 10.1. The lowest BCUT2D eigenvalue weighted by Crippen LogP contribution is -2.19. The molecule has 0 amide bonds. The van der Waals surface area contributed by atoms with Crippen molar-refractivity contribution >= 4 is 43.2 Å². The van der Waals surface area contributed by atoms with Crippen LogP contribution in [-0.4, -0.2) is 16.8 Å². The van der Waals surface area contributed by atoms with Crippen LogP contribution in [0.2, 0.25) is 0 Å². The summed E-state index contributed by atoms with van der Waals surface area (Å²) in [5, 5.41) is 7.99. The Labute approximate surface area is 141 Å². The van der Waals surface area contributed by atoms with Gasteiger partial charge in [-0.3, -0.25) is 4.68 Å². The molecule has 0 aliphatic carbocycles. The van der Waals surface area contributed by atoms with Gasteiger partial charge in [-0.1, -0.05) is 6.92 Å². The summed E-state index contributed by atoms with van der Waals surface area (Å²) < 4.78 is 4.35. The van der Waals surface area contributed by atoms with Crippen LogP contribution in [0.4, 0.5) is 0 Å². The second-order valence-electron chi connectivity index (χ2n) is 4.84. The van der Waals surface area contributed by atoms with Gasteiger partial charge >= 0.3 is 0 Å². The van der Waals surface area contributed by atoms with Crippen molar-refractivity contribution in [3.8, 4) is 0 Å². The normalized spacial score (nSPS) is 12.9. The molecular weight excluding hydrogens is 402 g/mol. The fraction of sp³-hybridized carbons (Fsp3) is 0.500. The van der Waals surface area contributed by atoms with Crippen LogP contribution >= 0.6 is 43.2 Å². The van der Waals surface area contributed by atoms with Crippen molar-refractivity contribution in [1.29, 1.82) is 0 Å². The van der Waals surface area contributed by atoms with Crippen LogP contribution in [0.5, 0.6) is 0 Å². The number of likely N-dealkylation sites (N-methyl/N-ethyl adjacent to an activating group) is 1. The minimum Gasteiger partial charge on any atom is -0.312 e. The third kappa shape index (κ3) is 3.18. The van der Waals surface area contributed by atoms with Gasteiger partial charge in [-0.05, 0) is 63.9 Å². The lowest BCUT2D eigenvalue weighted by molar-refractivity contribution is 0.567. The first-order valence-corrected chi connectivity index (χ1v) is 9.01. The molecule has 3 nitrogen and oxygen atoms in total. The molecule has 0 bridgehead atoms. The van der Waals surface area contributed by atoms with Crippen molar-refractivity contribution in [2.24, 2.45) is 7.05 Å². The molecule has 2 heterocycles. The summed E-state index contributed by atoms with van der Waals surface area (Å²) in [6.07, 6.45) is 1.87. The van der Waals surface area contributed by atoms with Crippen LogP contribution in [0.3, 0.4) is 0 Å². The van der Waals surface area contributed by atoms with Gasteiger partial charge in [0.1, 0.15) is 0 Å². The summed E-state index contributed by atoms with van der Waals surface area (Å²) in [4.78, 5) is 1.35. The Hall–Kier alpha value is -0.170. The average molecular weight is 421 g/mol. The standard InChI is InChI=1S/C14H19Br2N3S/c1-5-9-13(15)11(19(4)18-9)7-10(17-3)12-6-8(2)14(16)20-12/h6,10,17H,5,7H2,1-4H3. The Bertz CT molecular complexity index is 584. The van der Waals surface area contributed by atoms with Gasteiger partial charge in [0.2, 0.25) is 0 Å². The van der Waals surface area contributed by atoms with E-state index >= 15 is 0 Å². The smallest absolute Gasteiger partial charge is 0.0766 e. The number of nitrogens with zero attached hydrogens (tertiary/aromatic N) is 2. The number of thiophene rings is 1. The Morgan fingerprint density at radius 3 is 2.60 bits per heavy atom. The molecule has 1 atom stereocenters. The van der Waals surface area contributed by atoms with Gasteiger partial charge in [0.15, 0.2) is 0 Å². The Balaban J connectivity index is 2.29. The SMILES string of the molecule is CCc1nn(C)c(CC(NC)c2cc(C)c(Br)s2)c1Br. The zero-order chi connectivity index (χ0) is 14.9. The lowest BCUT2D eigenvalue weighted by Gasteiger charge is -2.15. The molecule has 2 aromatic rings. The second-order valence-corrected chi connectivity index (χ2v) is 8.03. The number of hydrogen-bond acceptors (Lipinski definition) is 3. The molecule has 0 aliphatic rings. The molecule has 0 fully saturated rings. The third-order valence-corrected chi connectivity index (χ3v) is 6.63. The second kappa shape index (κ2) is 6.73. The van der Waals surface area contributed by atoms with E-state index < -0.39 is 0 Å². The minimum atomic E-state index is 0.307. The topological polar surface area (TPSA) is 29.9 Å². The number of hydrogen-bond donors (Lipinski definition) is 1. The van der Waals surface area contributed by atoms with Crippen LogP contribution in [0, 0.1) is 6.92 Å². The molecule has 0 aliphatic heterocycles. The first kappa shape index (κ1) is 16.2. The highest BCUT2D eigenvalue weighted by atomic mass is 79.9. The van der Waals surface area contributed by atoms with Gasteiger partial charge in [0, 0.05) is 24.4 Å². The summed E-state index contributed by atoms with van der Waals surface area (Å²) >= 11 is 9.10. The number of halogens is 2. The van der Waals surface area contributed by atoms with Crippen LogP contribution in [0.25, 0.3) is 0 Å². The van der Waals surface area contributed by atoms with Gasteiger partial charge in [0.25, 0.3) is 0 Å². The van der Waals surface area contributed by atoms with E-state index in [0.29, 0.717) is 6.04 Å². The summed E-state index contributed by atoms with van der Waals surface area (Å²) in [7, 11) is 4.03. The van der Waals surface area contributed by atoms with E-state index in [1.54, 1.807) is 11.3 Å². The molecule has 20 heavy (non-hydrogen) atoms. The molecule has 2 rings (SSSR count). The van der Waals surface area contributed by atoms with Crippen molar-refractivity contribution in [3.63, 3.8) is 0 Å². The zero-order valence-corrected chi connectivity index (χ0v) is 16.1. The quantitative estimate of drug-likeness (QED) is 0.777. The van der Waals surface area contributed by atoms with Crippen molar-refractivity contribution in [3.05, 3.63) is 36.2 Å². The summed E-state index contributed by atoms with van der Waals surface area (Å²) in [5.41, 5.74) is 3.66. The molecule has 0 saturated heterocycles. The largest absolute Gasteiger partial charge is 0.312 e. The first-order valence-electron chi connectivity index (χ1n) is 6.61. The summed E-state index contributed by atoms with van der Waals surface area (Å²) in [6.45, 7) is 4.26. The Kier molecular flexibility index (Phi) is 5.45. The number of rotatable bonds is 5. The Morgan fingerprint density at radius 1 is 1.45 bits per heavy atom. The van der Waals surface area contributed by atoms with Crippen LogP contribution in [0.15, 0.2) is 14.3 Å². The van der Waals surface area contributed by atoms with Gasteiger partial charge in [-0.15, -0.1) is 11.3 Å². The molecule has 110 valence electrons. The highest BCUT2D eigenvalue weighted by molar-refractivity contribution is 9.11. The van der Waals surface area contributed by atoms with E-state index in [-0.39, 0.29) is 0 Å². The van der Waals surface area contributed by atoms with Crippen molar-refractivity contribution in [1.82, 2.24) is 15.1 Å². The molecule has 0 saturated carbocycles. The van der Waals surface area contributed by atoms with E-state index in [1.807, 2.05) is 18.8 Å². The van der Waals surface area contributed by atoms with Crippen molar-refractivity contribution in [2.45, 2.75) is 32.7 Å². The van der Waals surface area contributed by atoms with E-state index in [2.05, 4.69) is 62.2 Å². The highest BCUT2D eigenvalue weighted by Crippen LogP contribution is 2.34. The number of nitrogens with one attached hydrogen (secondary N) is 1. The molecular formula is C14H19Br2N3S. The van der Waals surface area contributed by atoms with Gasteiger partial charge < -0.3 is 5.32 Å². The molecule has 0 aromatic carbocycles. The zero-order valence-electron chi connectivity index (χ0n) is 12.1. The summed E-state index contributed by atoms with van der Waals surface area (Å²) in [6, 6.07) is 2.56. The highest BCUT2D eigenvalue weighted by Gasteiger charge is 2.19. The maximum absolute atomic E-state index is 4.57. The minimum absolute atomic E-state index is 0.307. The van der Waals surface area contributed by atoms with Gasteiger partial charge in [-0.2, -0.15) is 5.10 Å². The molecule has 0 spiro atoms. The summed E-state index contributed by atoms with van der Waals surface area (Å²) in [5.74, 6) is 0. The number of aromatic nitrogens is 2. The maximum Gasteiger partial charge on any atom is 0.0766 e. The van der Waals surface area contributed by atoms with Gasteiger partial charge in [-0.25, -0.2) is 0 Å². The van der Waals surface area contributed by atoms with E-state index in [0.717, 1.165) is 23.0 Å². The molecule has 6 heteroatoms. The van der Waals surface area contributed by atoms with Crippen LogP contribution in [0.1, 0.15) is 34.8 Å². The predicted molar refractivity (Wildman–Crippen MR) is 92.5 cm³/mol. The van der Waals surface area contributed by atoms with Crippen molar-refractivity contribution < 1.29 is 0 Å². The van der Waals surface area contributed by atoms with Gasteiger partial charge in [0.05, 0.1) is 19.6 Å². The fourth-order valence-electron chi connectivity index (χ4n) is 2.24. The molecule has 0 radical (unpaired) electrons. The predicted octanol–water partition coefficient (Wildman–Crippen LogP) is 4.38. The van der Waals surface area contributed by atoms with Crippen LogP contribution < -0.4 is 5.32 Å². The maximum atomic E-state index is 4.57. The molecule has 1 N–H and O–H groups in total. The van der Waals surface area contributed by atoms with E-state index in [4.69, 9.17) is 0 Å². The average Bonchev–Trinajstić information content (AvgIpc) is 2.88. The van der Waals surface area contributed by atoms with Crippen molar-refractivity contribution in [2.75, 3.05) is 7.05 Å². The monoisotopic (exact) mass is 419 g/mol.